The Balaban J connectivity index is 2.10. The smallest absolute Gasteiger partial charge is 0.145 e. The molecule has 0 fully saturated rings. The van der Waals surface area contributed by atoms with Crippen LogP contribution in [0.15, 0.2) is 24.3 Å². The molecule has 1 aromatic carbocycles. The molecular weight excluding hydrogens is 226 g/mol. The topological polar surface area (TPSA) is 83.4 Å². The van der Waals surface area contributed by atoms with Gasteiger partial charge >= 0.3 is 0 Å². The number of nitrogen functional groups attached to an aromatic ring is 1. The zero-order chi connectivity index (χ0) is 12.7. The first-order valence-electron chi connectivity index (χ1n) is 5.94. The number of nitrogens with two attached hydrogens (primary N) is 1. The van der Waals surface area contributed by atoms with Gasteiger partial charge in [-0.05, 0) is 12.1 Å². The highest BCUT2D eigenvalue weighted by molar-refractivity contribution is 5.81. The number of nitrogens with one attached hydrogen (secondary N) is 2. The summed E-state index contributed by atoms with van der Waals surface area (Å²) in [6.45, 7) is 4.24. The lowest BCUT2D eigenvalue weighted by atomic mass is 10.1. The fourth-order valence-corrected chi connectivity index (χ4v) is 1.96. The molecule has 0 unspecified atom stereocenters. The van der Waals surface area contributed by atoms with Gasteiger partial charge in [-0.15, -0.1) is 0 Å². The summed E-state index contributed by atoms with van der Waals surface area (Å²) < 4.78 is 0. The van der Waals surface area contributed by atoms with Gasteiger partial charge in [-0.3, -0.25) is 5.10 Å². The van der Waals surface area contributed by atoms with Crippen molar-refractivity contribution < 1.29 is 0 Å². The third-order valence-corrected chi connectivity index (χ3v) is 2.96. The van der Waals surface area contributed by atoms with Gasteiger partial charge in [-0.1, -0.05) is 19.9 Å². The van der Waals surface area contributed by atoms with E-state index in [-0.39, 0.29) is 0 Å². The Morgan fingerprint density at radius 3 is 2.72 bits per heavy atom. The number of benzene rings is 1. The van der Waals surface area contributed by atoms with Gasteiger partial charge in [0.25, 0.3) is 0 Å². The predicted molar refractivity (Wildman–Crippen MR) is 72.2 cm³/mol. The van der Waals surface area contributed by atoms with Crippen molar-refractivity contribution in [2.24, 2.45) is 0 Å². The normalized spacial score (nSPS) is 11.5. The van der Waals surface area contributed by atoms with Crippen molar-refractivity contribution in [2.75, 3.05) is 5.73 Å². The highest BCUT2D eigenvalue weighted by atomic mass is 15.2. The summed E-state index contributed by atoms with van der Waals surface area (Å²) in [7, 11) is 0. The van der Waals surface area contributed by atoms with Crippen LogP contribution in [-0.4, -0.2) is 20.2 Å². The average Bonchev–Trinajstić information content (AvgIpc) is 2.93. The van der Waals surface area contributed by atoms with Crippen LogP contribution in [0.5, 0.6) is 0 Å². The number of fused-ring (bicyclic) bond motifs is 1. The van der Waals surface area contributed by atoms with E-state index in [1.807, 2.05) is 18.2 Å². The second kappa shape index (κ2) is 3.87. The number of aromatic nitrogens is 4. The SMILES string of the molecule is CC(C)c1nc2ccc(-c3cc(N)n[nH]3)cc2[nH]1. The minimum Gasteiger partial charge on any atom is -0.382 e. The number of nitrogens with zero attached hydrogens (tertiary/aromatic N) is 2. The lowest BCUT2D eigenvalue weighted by Gasteiger charge is -1.96. The number of anilines is 1. The summed E-state index contributed by atoms with van der Waals surface area (Å²) in [6, 6.07) is 7.90. The van der Waals surface area contributed by atoms with Crippen molar-refractivity contribution in [1.82, 2.24) is 20.2 Å². The zero-order valence-corrected chi connectivity index (χ0v) is 10.4. The summed E-state index contributed by atoms with van der Waals surface area (Å²) in [5.74, 6) is 1.90. The molecule has 0 aliphatic rings. The van der Waals surface area contributed by atoms with E-state index in [2.05, 4.69) is 40.1 Å². The molecule has 2 heterocycles. The number of H-pyrrole nitrogens is 2. The Labute approximate surface area is 104 Å². The molecule has 3 aromatic rings. The first-order chi connectivity index (χ1) is 8.63. The molecule has 4 N–H and O–H groups in total. The van der Waals surface area contributed by atoms with Gasteiger partial charge in [-0.25, -0.2) is 4.98 Å². The first kappa shape index (κ1) is 10.8. The summed E-state index contributed by atoms with van der Waals surface area (Å²) in [6.07, 6.45) is 0. The molecule has 0 saturated carbocycles. The Morgan fingerprint density at radius 2 is 2.06 bits per heavy atom. The van der Waals surface area contributed by atoms with Crippen LogP contribution in [0.1, 0.15) is 25.6 Å². The van der Waals surface area contributed by atoms with Gasteiger partial charge in [0.2, 0.25) is 0 Å². The Hall–Kier alpha value is -2.30. The van der Waals surface area contributed by atoms with Crippen LogP contribution in [0.2, 0.25) is 0 Å². The summed E-state index contributed by atoms with van der Waals surface area (Å²) >= 11 is 0. The van der Waals surface area contributed by atoms with E-state index in [0.29, 0.717) is 11.7 Å². The highest BCUT2D eigenvalue weighted by Crippen LogP contribution is 2.24. The molecule has 0 spiro atoms. The van der Waals surface area contributed by atoms with E-state index in [9.17, 15) is 0 Å². The third kappa shape index (κ3) is 1.73. The largest absolute Gasteiger partial charge is 0.382 e. The second-order valence-electron chi connectivity index (χ2n) is 4.72. The fraction of sp³-hybridized carbons (Fsp3) is 0.231. The first-order valence-corrected chi connectivity index (χ1v) is 5.94. The lowest BCUT2D eigenvalue weighted by molar-refractivity contribution is 0.799. The second-order valence-corrected chi connectivity index (χ2v) is 4.72. The Kier molecular flexibility index (Phi) is 2.33. The van der Waals surface area contributed by atoms with Gasteiger partial charge in [-0.2, -0.15) is 5.10 Å². The monoisotopic (exact) mass is 241 g/mol. The van der Waals surface area contributed by atoms with Crippen LogP contribution in [-0.2, 0) is 0 Å². The maximum Gasteiger partial charge on any atom is 0.145 e. The van der Waals surface area contributed by atoms with Gasteiger partial charge < -0.3 is 10.7 Å². The standard InChI is InChI=1S/C13H15N5/c1-7(2)13-15-9-4-3-8(5-11(9)16-13)10-6-12(14)18-17-10/h3-7H,1-2H3,(H,15,16)(H3,14,17,18). The van der Waals surface area contributed by atoms with Gasteiger partial charge in [0.05, 0.1) is 16.7 Å². The van der Waals surface area contributed by atoms with Crippen LogP contribution in [0.3, 0.4) is 0 Å². The molecule has 3 rings (SSSR count). The number of aromatic amines is 2. The maximum absolute atomic E-state index is 5.61. The van der Waals surface area contributed by atoms with Crippen LogP contribution in [0.25, 0.3) is 22.3 Å². The number of rotatable bonds is 2. The molecule has 5 heteroatoms. The maximum atomic E-state index is 5.61. The van der Waals surface area contributed by atoms with Crippen LogP contribution >= 0.6 is 0 Å². The Morgan fingerprint density at radius 1 is 1.22 bits per heavy atom. The molecule has 2 aromatic heterocycles. The predicted octanol–water partition coefficient (Wildman–Crippen LogP) is 2.66. The summed E-state index contributed by atoms with van der Waals surface area (Å²) in [5, 5.41) is 6.84. The molecule has 0 saturated heterocycles. The molecular formula is C13H15N5. The molecule has 0 bridgehead atoms. The molecule has 0 atom stereocenters. The molecule has 0 aliphatic heterocycles. The molecule has 0 amide bonds. The van der Waals surface area contributed by atoms with E-state index in [0.717, 1.165) is 28.1 Å². The van der Waals surface area contributed by atoms with Crippen molar-refractivity contribution in [1.29, 1.82) is 0 Å². The van der Waals surface area contributed by atoms with Gasteiger partial charge in [0, 0.05) is 17.5 Å². The zero-order valence-electron chi connectivity index (χ0n) is 10.4. The fourth-order valence-electron chi connectivity index (χ4n) is 1.96. The van der Waals surface area contributed by atoms with E-state index in [1.54, 1.807) is 0 Å². The molecule has 0 radical (unpaired) electrons. The third-order valence-electron chi connectivity index (χ3n) is 2.96. The molecule has 5 nitrogen and oxygen atoms in total. The minimum atomic E-state index is 0.392. The summed E-state index contributed by atoms with van der Waals surface area (Å²) in [4.78, 5) is 7.88. The van der Waals surface area contributed by atoms with E-state index < -0.39 is 0 Å². The van der Waals surface area contributed by atoms with Crippen LogP contribution in [0.4, 0.5) is 5.82 Å². The lowest BCUT2D eigenvalue weighted by Crippen LogP contribution is -1.88. The van der Waals surface area contributed by atoms with Crippen LogP contribution in [0, 0.1) is 0 Å². The van der Waals surface area contributed by atoms with Crippen molar-refractivity contribution >= 4 is 16.9 Å². The van der Waals surface area contributed by atoms with Gasteiger partial charge in [0.1, 0.15) is 11.6 Å². The van der Waals surface area contributed by atoms with Crippen molar-refractivity contribution in [3.05, 3.63) is 30.1 Å². The average molecular weight is 241 g/mol. The van der Waals surface area contributed by atoms with Crippen molar-refractivity contribution in [3.8, 4) is 11.3 Å². The van der Waals surface area contributed by atoms with Crippen LogP contribution < -0.4 is 5.73 Å². The van der Waals surface area contributed by atoms with Crippen molar-refractivity contribution in [3.63, 3.8) is 0 Å². The van der Waals surface area contributed by atoms with E-state index >= 15 is 0 Å². The van der Waals surface area contributed by atoms with E-state index in [4.69, 9.17) is 5.73 Å². The highest BCUT2D eigenvalue weighted by Gasteiger charge is 2.08. The number of hydrogen-bond acceptors (Lipinski definition) is 3. The molecule has 0 aliphatic carbocycles. The Bertz CT molecular complexity index is 692. The quantitative estimate of drug-likeness (QED) is 0.645. The number of hydrogen-bond donors (Lipinski definition) is 3. The minimum absolute atomic E-state index is 0.392. The van der Waals surface area contributed by atoms with E-state index in [1.165, 1.54) is 0 Å². The molecule has 92 valence electrons. The molecule has 18 heavy (non-hydrogen) atoms. The van der Waals surface area contributed by atoms with Crippen molar-refractivity contribution in [2.45, 2.75) is 19.8 Å². The van der Waals surface area contributed by atoms with Gasteiger partial charge in [0.15, 0.2) is 0 Å². The number of imidazole rings is 1. The summed E-state index contributed by atoms with van der Waals surface area (Å²) in [5.41, 5.74) is 9.58.